The van der Waals surface area contributed by atoms with Crippen LogP contribution in [0.25, 0.3) is 0 Å². The van der Waals surface area contributed by atoms with Crippen LogP contribution >= 0.6 is 0 Å². The highest BCUT2D eigenvalue weighted by Gasteiger charge is 2.28. The third kappa shape index (κ3) is 3.35. The van der Waals surface area contributed by atoms with Gasteiger partial charge in [0.1, 0.15) is 6.04 Å². The van der Waals surface area contributed by atoms with Gasteiger partial charge in [0, 0.05) is 0 Å². The fourth-order valence-electron chi connectivity index (χ4n) is 2.88. The van der Waals surface area contributed by atoms with Crippen LogP contribution in [-0.4, -0.2) is 11.1 Å². The minimum absolute atomic E-state index is 0.450. The van der Waals surface area contributed by atoms with Gasteiger partial charge in [0.05, 0.1) is 0 Å². The molecule has 1 fully saturated rings. The number of benzene rings is 1. The quantitative estimate of drug-likeness (QED) is 0.876. The van der Waals surface area contributed by atoms with Gasteiger partial charge in [0.25, 0.3) is 0 Å². The number of hydrogen-bond acceptors (Lipinski definition) is 2. The molecule has 3 heteroatoms. The molecule has 1 aliphatic rings. The second kappa shape index (κ2) is 5.33. The summed E-state index contributed by atoms with van der Waals surface area (Å²) in [4.78, 5) is 10.9. The maximum Gasteiger partial charge on any atom is 0.325 e. The number of carboxylic acids is 1. The smallest absolute Gasteiger partial charge is 0.325 e. The zero-order valence-corrected chi connectivity index (χ0v) is 11.7. The van der Waals surface area contributed by atoms with E-state index in [2.05, 4.69) is 19.9 Å². The standard InChI is InChI=1S/C16H23NO2/c1-16(2)8-6-11(7-9-16)12-4-3-5-13(10-12)14(17)15(18)19/h3-5,10-11,14H,6-9,17H2,1-2H3,(H,18,19). The number of nitrogens with two attached hydrogens (primary N) is 1. The Morgan fingerprint density at radius 2 is 2.00 bits per heavy atom. The van der Waals surface area contributed by atoms with Crippen molar-refractivity contribution in [3.8, 4) is 0 Å². The van der Waals surface area contributed by atoms with Crippen LogP contribution in [0.1, 0.15) is 62.6 Å². The summed E-state index contributed by atoms with van der Waals surface area (Å²) in [7, 11) is 0. The van der Waals surface area contributed by atoms with Crippen LogP contribution in [0.5, 0.6) is 0 Å². The molecular formula is C16H23NO2. The topological polar surface area (TPSA) is 63.3 Å². The molecule has 1 aromatic rings. The Hall–Kier alpha value is -1.35. The van der Waals surface area contributed by atoms with Crippen LogP contribution < -0.4 is 5.73 Å². The van der Waals surface area contributed by atoms with E-state index in [1.165, 1.54) is 31.2 Å². The Kier molecular flexibility index (Phi) is 3.95. The van der Waals surface area contributed by atoms with Gasteiger partial charge in [-0.3, -0.25) is 4.79 Å². The van der Waals surface area contributed by atoms with Gasteiger partial charge >= 0.3 is 5.97 Å². The first kappa shape index (κ1) is 14.1. The van der Waals surface area contributed by atoms with Gasteiger partial charge < -0.3 is 10.8 Å². The summed E-state index contributed by atoms with van der Waals surface area (Å²) in [6.07, 6.45) is 4.82. The van der Waals surface area contributed by atoms with E-state index in [9.17, 15) is 4.79 Å². The average Bonchev–Trinajstić information content (AvgIpc) is 2.38. The zero-order chi connectivity index (χ0) is 14.0. The Balaban J connectivity index is 2.14. The molecule has 104 valence electrons. The fourth-order valence-corrected chi connectivity index (χ4v) is 2.88. The van der Waals surface area contributed by atoms with Crippen molar-refractivity contribution < 1.29 is 9.90 Å². The average molecular weight is 261 g/mol. The number of aliphatic carboxylic acids is 1. The molecule has 0 saturated heterocycles. The van der Waals surface area contributed by atoms with Crippen LogP contribution in [0.2, 0.25) is 0 Å². The van der Waals surface area contributed by atoms with Gasteiger partial charge in [-0.25, -0.2) is 0 Å². The molecule has 3 nitrogen and oxygen atoms in total. The van der Waals surface area contributed by atoms with Crippen molar-refractivity contribution in [3.63, 3.8) is 0 Å². The molecule has 0 aliphatic heterocycles. The molecule has 1 aliphatic carbocycles. The Morgan fingerprint density at radius 3 is 2.58 bits per heavy atom. The molecule has 0 amide bonds. The van der Waals surface area contributed by atoms with Gasteiger partial charge in [0.2, 0.25) is 0 Å². The van der Waals surface area contributed by atoms with Gasteiger partial charge in [-0.05, 0) is 48.1 Å². The van der Waals surface area contributed by atoms with Crippen molar-refractivity contribution in [1.82, 2.24) is 0 Å². The molecule has 0 radical (unpaired) electrons. The molecule has 3 N–H and O–H groups in total. The summed E-state index contributed by atoms with van der Waals surface area (Å²) in [6.45, 7) is 4.64. The van der Waals surface area contributed by atoms with Gasteiger partial charge in [-0.2, -0.15) is 0 Å². The molecule has 1 unspecified atom stereocenters. The van der Waals surface area contributed by atoms with E-state index in [0.717, 1.165) is 0 Å². The first-order valence-electron chi connectivity index (χ1n) is 6.97. The highest BCUT2D eigenvalue weighted by Crippen LogP contribution is 2.42. The first-order chi connectivity index (χ1) is 8.89. The lowest BCUT2D eigenvalue weighted by Gasteiger charge is -2.34. The number of carbonyl (C=O) groups is 1. The van der Waals surface area contributed by atoms with Crippen molar-refractivity contribution in [2.24, 2.45) is 11.1 Å². The normalized spacial score (nSPS) is 21.0. The first-order valence-corrected chi connectivity index (χ1v) is 6.97. The molecule has 0 spiro atoms. The molecule has 1 aromatic carbocycles. The predicted molar refractivity (Wildman–Crippen MR) is 76.0 cm³/mol. The van der Waals surface area contributed by atoms with Crippen LogP contribution in [-0.2, 0) is 4.79 Å². The summed E-state index contributed by atoms with van der Waals surface area (Å²) in [5.74, 6) is -0.420. The van der Waals surface area contributed by atoms with Crippen LogP contribution in [0.3, 0.4) is 0 Å². The second-order valence-electron chi connectivity index (χ2n) is 6.42. The van der Waals surface area contributed by atoms with Gasteiger partial charge in [0.15, 0.2) is 0 Å². The summed E-state index contributed by atoms with van der Waals surface area (Å²) >= 11 is 0. The minimum atomic E-state index is -0.970. The maximum atomic E-state index is 10.9. The molecule has 0 heterocycles. The van der Waals surface area contributed by atoms with E-state index in [1.807, 2.05) is 12.1 Å². The third-order valence-electron chi connectivity index (χ3n) is 4.35. The summed E-state index contributed by atoms with van der Waals surface area (Å²) in [6, 6.07) is 6.88. The lowest BCUT2D eigenvalue weighted by molar-refractivity contribution is -0.138. The van der Waals surface area contributed by atoms with Crippen molar-refractivity contribution in [2.75, 3.05) is 0 Å². The van der Waals surface area contributed by atoms with Crippen LogP contribution in [0.4, 0.5) is 0 Å². The summed E-state index contributed by atoms with van der Waals surface area (Å²) in [5.41, 5.74) is 8.07. The van der Waals surface area contributed by atoms with E-state index < -0.39 is 12.0 Å². The molecule has 0 aromatic heterocycles. The highest BCUT2D eigenvalue weighted by atomic mass is 16.4. The van der Waals surface area contributed by atoms with Crippen LogP contribution in [0.15, 0.2) is 24.3 Å². The molecule has 0 bridgehead atoms. The van der Waals surface area contributed by atoms with Crippen molar-refractivity contribution in [2.45, 2.75) is 51.5 Å². The summed E-state index contributed by atoms with van der Waals surface area (Å²) in [5, 5.41) is 8.98. The predicted octanol–water partition coefficient (Wildman–Crippen LogP) is 3.45. The van der Waals surface area contributed by atoms with Gasteiger partial charge in [-0.1, -0.05) is 38.1 Å². The van der Waals surface area contributed by atoms with Crippen LogP contribution in [0, 0.1) is 5.41 Å². The summed E-state index contributed by atoms with van der Waals surface area (Å²) < 4.78 is 0. The number of rotatable bonds is 3. The SMILES string of the molecule is CC1(C)CCC(c2cccc(C(N)C(=O)O)c2)CC1. The molecule has 1 saturated carbocycles. The fraction of sp³-hybridized carbons (Fsp3) is 0.562. The van der Waals surface area contributed by atoms with E-state index >= 15 is 0 Å². The van der Waals surface area contributed by atoms with Crippen molar-refractivity contribution in [1.29, 1.82) is 0 Å². The lowest BCUT2D eigenvalue weighted by atomic mass is 9.71. The molecule has 2 rings (SSSR count). The van der Waals surface area contributed by atoms with E-state index in [1.54, 1.807) is 6.07 Å². The zero-order valence-electron chi connectivity index (χ0n) is 11.7. The van der Waals surface area contributed by atoms with E-state index in [-0.39, 0.29) is 0 Å². The highest BCUT2D eigenvalue weighted by molar-refractivity contribution is 5.75. The van der Waals surface area contributed by atoms with Gasteiger partial charge in [-0.15, -0.1) is 0 Å². The number of carboxylic acid groups (broad SMARTS) is 1. The Labute approximate surface area is 114 Å². The molecule has 1 atom stereocenters. The Morgan fingerprint density at radius 1 is 1.37 bits per heavy atom. The van der Waals surface area contributed by atoms with E-state index in [0.29, 0.717) is 16.9 Å². The van der Waals surface area contributed by atoms with Crippen molar-refractivity contribution in [3.05, 3.63) is 35.4 Å². The largest absolute Gasteiger partial charge is 0.480 e. The second-order valence-corrected chi connectivity index (χ2v) is 6.42. The lowest BCUT2D eigenvalue weighted by Crippen LogP contribution is -2.22. The third-order valence-corrected chi connectivity index (χ3v) is 4.35. The number of hydrogen-bond donors (Lipinski definition) is 2. The van der Waals surface area contributed by atoms with E-state index in [4.69, 9.17) is 10.8 Å². The maximum absolute atomic E-state index is 10.9. The van der Waals surface area contributed by atoms with Crippen molar-refractivity contribution >= 4 is 5.97 Å². The Bertz CT molecular complexity index is 458. The monoisotopic (exact) mass is 261 g/mol. The molecule has 19 heavy (non-hydrogen) atoms. The molecular weight excluding hydrogens is 238 g/mol. The minimum Gasteiger partial charge on any atom is -0.480 e.